The van der Waals surface area contributed by atoms with E-state index in [0.29, 0.717) is 19.4 Å². The molecule has 0 bridgehead atoms. The maximum atomic E-state index is 12.9. The zero-order chi connectivity index (χ0) is 18.7. The second-order valence-corrected chi connectivity index (χ2v) is 7.77. The molecule has 140 valence electrons. The lowest BCUT2D eigenvalue weighted by atomic mass is 9.74. The number of hydrogen-bond acceptors (Lipinski definition) is 4. The molecule has 6 heteroatoms. The molecule has 6 nitrogen and oxygen atoms in total. The summed E-state index contributed by atoms with van der Waals surface area (Å²) in [5, 5.41) is 21.5. The van der Waals surface area contributed by atoms with Gasteiger partial charge in [-0.2, -0.15) is 5.26 Å². The Bertz CT molecular complexity index is 845. The van der Waals surface area contributed by atoms with Gasteiger partial charge >= 0.3 is 0 Å². The average Bonchev–Trinajstić information content (AvgIpc) is 3.11. The summed E-state index contributed by atoms with van der Waals surface area (Å²) in [6.07, 6.45) is 6.77. The lowest BCUT2D eigenvalue weighted by Gasteiger charge is -2.32. The summed E-state index contributed by atoms with van der Waals surface area (Å²) in [6, 6.07) is 12.6. The lowest BCUT2D eigenvalue weighted by Crippen LogP contribution is -2.48. The van der Waals surface area contributed by atoms with Gasteiger partial charge in [-0.15, -0.1) is 10.2 Å². The van der Waals surface area contributed by atoms with E-state index in [1.165, 1.54) is 5.56 Å². The van der Waals surface area contributed by atoms with Gasteiger partial charge in [0.2, 0.25) is 5.91 Å². The second-order valence-electron chi connectivity index (χ2n) is 7.77. The van der Waals surface area contributed by atoms with Crippen molar-refractivity contribution in [1.29, 1.82) is 5.26 Å². The summed E-state index contributed by atoms with van der Waals surface area (Å²) >= 11 is 0. The first kappa shape index (κ1) is 17.7. The number of carbonyl (C=O) groups is 1. The lowest BCUT2D eigenvalue weighted by molar-refractivity contribution is -0.130. The molecule has 0 radical (unpaired) electrons. The van der Waals surface area contributed by atoms with Crippen LogP contribution < -0.4 is 5.32 Å². The number of nitrogens with one attached hydrogen (secondary N) is 1. The van der Waals surface area contributed by atoms with Crippen LogP contribution in [0, 0.1) is 16.7 Å². The summed E-state index contributed by atoms with van der Waals surface area (Å²) < 4.78 is 2.14. The Hall–Kier alpha value is -2.68. The van der Waals surface area contributed by atoms with Crippen molar-refractivity contribution in [2.75, 3.05) is 0 Å². The maximum absolute atomic E-state index is 12.9. The minimum absolute atomic E-state index is 0.0303. The molecule has 2 aliphatic rings. The predicted octanol–water partition coefficient (Wildman–Crippen LogP) is 2.77. The van der Waals surface area contributed by atoms with Crippen LogP contribution in [-0.4, -0.2) is 26.7 Å². The zero-order valence-corrected chi connectivity index (χ0v) is 15.5. The van der Waals surface area contributed by atoms with E-state index in [0.717, 1.165) is 50.2 Å². The van der Waals surface area contributed by atoms with Crippen LogP contribution in [0.3, 0.4) is 0 Å². The molecule has 1 aliphatic heterocycles. The summed E-state index contributed by atoms with van der Waals surface area (Å²) in [5.74, 6) is 1.83. The molecule has 0 unspecified atom stereocenters. The Kier molecular flexibility index (Phi) is 4.93. The van der Waals surface area contributed by atoms with Crippen LogP contribution in [0.25, 0.3) is 0 Å². The van der Waals surface area contributed by atoms with Gasteiger partial charge in [0, 0.05) is 25.4 Å². The van der Waals surface area contributed by atoms with Gasteiger partial charge in [-0.1, -0.05) is 49.6 Å². The zero-order valence-electron chi connectivity index (χ0n) is 15.5. The maximum Gasteiger partial charge on any atom is 0.240 e. The van der Waals surface area contributed by atoms with Crippen molar-refractivity contribution in [2.45, 2.75) is 64.0 Å². The van der Waals surface area contributed by atoms with Crippen LogP contribution in [0.5, 0.6) is 0 Å². The molecule has 2 heterocycles. The van der Waals surface area contributed by atoms with Crippen molar-refractivity contribution in [3.63, 3.8) is 0 Å². The Labute approximate surface area is 159 Å². The molecule has 1 saturated carbocycles. The van der Waals surface area contributed by atoms with Gasteiger partial charge in [0.15, 0.2) is 0 Å². The number of benzene rings is 1. The van der Waals surface area contributed by atoms with Crippen molar-refractivity contribution < 1.29 is 4.79 Å². The molecule has 2 aromatic rings. The first-order chi connectivity index (χ1) is 13.2. The van der Waals surface area contributed by atoms with Crippen molar-refractivity contribution >= 4 is 5.91 Å². The van der Waals surface area contributed by atoms with Crippen LogP contribution in [-0.2, 0) is 24.2 Å². The van der Waals surface area contributed by atoms with Crippen molar-refractivity contribution in [3.8, 4) is 6.07 Å². The quantitative estimate of drug-likeness (QED) is 0.905. The number of aromatic nitrogens is 3. The smallest absolute Gasteiger partial charge is 0.240 e. The predicted molar refractivity (Wildman–Crippen MR) is 101 cm³/mol. The molecular formula is C21H25N5O. The number of nitrogens with zero attached hydrogens (tertiary/aromatic N) is 4. The molecule has 1 N–H and O–H groups in total. The van der Waals surface area contributed by atoms with E-state index in [1.807, 2.05) is 18.2 Å². The molecule has 0 saturated heterocycles. The molecule has 4 rings (SSSR count). The molecule has 1 fully saturated rings. The third-order valence-corrected chi connectivity index (χ3v) is 5.92. The van der Waals surface area contributed by atoms with Crippen LogP contribution in [0.4, 0.5) is 0 Å². The van der Waals surface area contributed by atoms with Gasteiger partial charge in [0.05, 0.1) is 6.07 Å². The molecule has 27 heavy (non-hydrogen) atoms. The summed E-state index contributed by atoms with van der Waals surface area (Å²) in [5.41, 5.74) is 0.364. The number of amides is 1. The standard InChI is InChI=1S/C21H25N5O/c22-15-21(11-5-2-6-12-21)20(27)23-17-9-10-18-24-25-19(26(18)14-17)13-16-7-3-1-4-8-16/h1,3-4,7-8,17H,2,5-6,9-14H2,(H,23,27)/t17-/m1/s1. The van der Waals surface area contributed by atoms with E-state index in [9.17, 15) is 10.1 Å². The van der Waals surface area contributed by atoms with Crippen molar-refractivity contribution in [1.82, 2.24) is 20.1 Å². The highest BCUT2D eigenvalue weighted by molar-refractivity contribution is 5.85. The molecular weight excluding hydrogens is 338 g/mol. The summed E-state index contributed by atoms with van der Waals surface area (Å²) in [7, 11) is 0. The van der Waals surface area contributed by atoms with Crippen LogP contribution >= 0.6 is 0 Å². The van der Waals surface area contributed by atoms with Crippen LogP contribution in [0.15, 0.2) is 30.3 Å². The number of hydrogen-bond donors (Lipinski definition) is 1. The Morgan fingerprint density at radius 1 is 1.22 bits per heavy atom. The molecule has 1 aromatic heterocycles. The van der Waals surface area contributed by atoms with E-state index >= 15 is 0 Å². The van der Waals surface area contributed by atoms with E-state index in [2.05, 4.69) is 38.3 Å². The monoisotopic (exact) mass is 363 g/mol. The Balaban J connectivity index is 1.46. The third-order valence-electron chi connectivity index (χ3n) is 5.92. The SMILES string of the molecule is N#CC1(C(=O)N[C@@H]2CCc3nnc(Cc4ccccc4)n3C2)CCCCC1. The fraction of sp³-hybridized carbons (Fsp3) is 0.524. The van der Waals surface area contributed by atoms with E-state index < -0.39 is 5.41 Å². The van der Waals surface area contributed by atoms with Gasteiger partial charge in [0.25, 0.3) is 0 Å². The fourth-order valence-electron chi connectivity index (χ4n) is 4.28. The Morgan fingerprint density at radius 3 is 2.74 bits per heavy atom. The van der Waals surface area contributed by atoms with Crippen LogP contribution in [0.2, 0.25) is 0 Å². The normalized spacial score (nSPS) is 21.1. The molecule has 1 atom stereocenters. The second kappa shape index (κ2) is 7.51. The molecule has 1 amide bonds. The third kappa shape index (κ3) is 3.59. The topological polar surface area (TPSA) is 83.6 Å². The minimum Gasteiger partial charge on any atom is -0.350 e. The average molecular weight is 363 g/mol. The number of carbonyl (C=O) groups excluding carboxylic acids is 1. The fourth-order valence-corrected chi connectivity index (χ4v) is 4.28. The highest BCUT2D eigenvalue weighted by Gasteiger charge is 2.41. The van der Waals surface area contributed by atoms with Gasteiger partial charge < -0.3 is 9.88 Å². The molecule has 1 aliphatic carbocycles. The van der Waals surface area contributed by atoms with Gasteiger partial charge in [-0.05, 0) is 24.8 Å². The largest absolute Gasteiger partial charge is 0.350 e. The number of nitriles is 1. The molecule has 0 spiro atoms. The first-order valence-corrected chi connectivity index (χ1v) is 9.87. The van der Waals surface area contributed by atoms with Crippen LogP contribution in [0.1, 0.15) is 55.7 Å². The first-order valence-electron chi connectivity index (χ1n) is 9.87. The van der Waals surface area contributed by atoms with E-state index in [4.69, 9.17) is 0 Å². The summed E-state index contributed by atoms with van der Waals surface area (Å²) in [4.78, 5) is 12.9. The molecule has 1 aromatic carbocycles. The van der Waals surface area contributed by atoms with Crippen molar-refractivity contribution in [3.05, 3.63) is 47.5 Å². The number of rotatable bonds is 4. The number of fused-ring (bicyclic) bond motifs is 1. The van der Waals surface area contributed by atoms with E-state index in [1.54, 1.807) is 0 Å². The highest BCUT2D eigenvalue weighted by Crippen LogP contribution is 2.36. The summed E-state index contributed by atoms with van der Waals surface area (Å²) in [6.45, 7) is 0.678. The Morgan fingerprint density at radius 2 is 2.00 bits per heavy atom. The van der Waals surface area contributed by atoms with E-state index in [-0.39, 0.29) is 11.9 Å². The number of aryl methyl sites for hydroxylation is 1. The van der Waals surface area contributed by atoms with Gasteiger partial charge in [0.1, 0.15) is 17.1 Å². The van der Waals surface area contributed by atoms with Gasteiger partial charge in [-0.3, -0.25) is 4.79 Å². The van der Waals surface area contributed by atoms with Gasteiger partial charge in [-0.25, -0.2) is 0 Å². The highest BCUT2D eigenvalue weighted by atomic mass is 16.2. The van der Waals surface area contributed by atoms with Crippen molar-refractivity contribution in [2.24, 2.45) is 5.41 Å². The minimum atomic E-state index is -0.835.